The molecule has 1 aromatic heterocycles. The van der Waals surface area contributed by atoms with Gasteiger partial charge in [-0.3, -0.25) is 0 Å². The predicted octanol–water partition coefficient (Wildman–Crippen LogP) is 3.84. The van der Waals surface area contributed by atoms with Crippen LogP contribution in [-0.4, -0.2) is 28.7 Å². The number of benzene rings is 1. The van der Waals surface area contributed by atoms with Crippen molar-refractivity contribution >= 4 is 17.6 Å². The number of ether oxygens (including phenoxy) is 1. The van der Waals surface area contributed by atoms with E-state index < -0.39 is 0 Å². The number of anilines is 2. The molecular weight excluding hydrogens is 302 g/mol. The van der Waals surface area contributed by atoms with Gasteiger partial charge in [0.15, 0.2) is 5.69 Å². The molecule has 2 aromatic rings. The maximum atomic E-state index is 12.3. The van der Waals surface area contributed by atoms with Crippen LogP contribution in [0.1, 0.15) is 46.2 Å². The number of hydrogen-bond acceptors (Lipinski definition) is 4. The smallest absolute Gasteiger partial charge is 0.356 e. The van der Waals surface area contributed by atoms with Crippen LogP contribution in [-0.2, 0) is 11.3 Å². The van der Waals surface area contributed by atoms with Crippen molar-refractivity contribution in [2.45, 2.75) is 47.6 Å². The second-order valence-corrected chi connectivity index (χ2v) is 6.47. The number of fused-ring (bicyclic) bond motifs is 1. The first kappa shape index (κ1) is 16.6. The van der Waals surface area contributed by atoms with Crippen molar-refractivity contribution in [3.8, 4) is 0 Å². The average molecular weight is 327 g/mol. The van der Waals surface area contributed by atoms with E-state index in [1.807, 2.05) is 18.4 Å². The number of hydrogen-bond donors (Lipinski definition) is 0. The van der Waals surface area contributed by atoms with Crippen molar-refractivity contribution in [1.29, 1.82) is 0 Å². The van der Waals surface area contributed by atoms with Crippen molar-refractivity contribution in [1.82, 2.24) is 9.55 Å². The van der Waals surface area contributed by atoms with Crippen LogP contribution in [0.5, 0.6) is 0 Å². The van der Waals surface area contributed by atoms with Crippen molar-refractivity contribution in [2.24, 2.45) is 0 Å². The Labute approximate surface area is 143 Å². The highest BCUT2D eigenvalue weighted by Crippen LogP contribution is 2.35. The van der Waals surface area contributed by atoms with Gasteiger partial charge in [-0.15, -0.1) is 0 Å². The molecule has 0 N–H and O–H groups in total. The van der Waals surface area contributed by atoms with E-state index in [0.29, 0.717) is 12.3 Å². The highest BCUT2D eigenvalue weighted by atomic mass is 16.5. The van der Waals surface area contributed by atoms with E-state index in [0.717, 1.165) is 31.2 Å². The molecule has 0 spiro atoms. The molecule has 0 saturated heterocycles. The zero-order valence-corrected chi connectivity index (χ0v) is 15.1. The minimum atomic E-state index is -0.284. The summed E-state index contributed by atoms with van der Waals surface area (Å²) in [7, 11) is 0. The Morgan fingerprint density at radius 2 is 1.83 bits per heavy atom. The minimum Gasteiger partial charge on any atom is -0.461 e. The van der Waals surface area contributed by atoms with Crippen molar-refractivity contribution in [2.75, 3.05) is 18.1 Å². The van der Waals surface area contributed by atoms with Crippen LogP contribution in [0.3, 0.4) is 0 Å². The van der Waals surface area contributed by atoms with Gasteiger partial charge < -0.3 is 14.2 Å². The Kier molecular flexibility index (Phi) is 4.35. The molecule has 1 aromatic carbocycles. The molecule has 0 saturated carbocycles. The third-order valence-corrected chi connectivity index (χ3v) is 4.50. The summed E-state index contributed by atoms with van der Waals surface area (Å²) in [4.78, 5) is 19.3. The van der Waals surface area contributed by atoms with Crippen LogP contribution < -0.4 is 4.90 Å². The Morgan fingerprint density at radius 1 is 1.17 bits per heavy atom. The molecule has 0 atom stereocenters. The summed E-state index contributed by atoms with van der Waals surface area (Å²) < 4.78 is 7.23. The number of aryl methyl sites for hydroxylation is 4. The van der Waals surface area contributed by atoms with Crippen LogP contribution in [0.2, 0.25) is 0 Å². The minimum absolute atomic E-state index is 0.284. The fourth-order valence-corrected chi connectivity index (χ4v) is 3.73. The fraction of sp³-hybridized carbons (Fsp3) is 0.474. The summed E-state index contributed by atoms with van der Waals surface area (Å²) >= 11 is 0. The van der Waals surface area contributed by atoms with E-state index >= 15 is 0 Å². The van der Waals surface area contributed by atoms with Gasteiger partial charge in [-0.25, -0.2) is 9.78 Å². The molecule has 0 fully saturated rings. The van der Waals surface area contributed by atoms with Gasteiger partial charge in [-0.2, -0.15) is 0 Å². The van der Waals surface area contributed by atoms with Gasteiger partial charge in [-0.05, 0) is 52.2 Å². The lowest BCUT2D eigenvalue weighted by molar-refractivity contribution is 0.0512. The molecule has 3 rings (SSSR count). The molecule has 2 heterocycles. The van der Waals surface area contributed by atoms with E-state index in [-0.39, 0.29) is 5.97 Å². The molecule has 1 aliphatic rings. The Hall–Kier alpha value is -2.30. The summed E-state index contributed by atoms with van der Waals surface area (Å²) in [6.45, 7) is 12.2. The first-order chi connectivity index (χ1) is 11.4. The van der Waals surface area contributed by atoms with Crippen LogP contribution in [0, 0.1) is 27.7 Å². The molecule has 128 valence electrons. The normalized spacial score (nSPS) is 13.8. The number of carbonyl (C=O) groups is 1. The first-order valence-corrected chi connectivity index (χ1v) is 8.53. The topological polar surface area (TPSA) is 47.4 Å². The standard InChI is InChI=1S/C19H25N3O2/c1-6-24-18(23)17-15(5)20-19-21(8-7-9-22(17)19)16-13(3)10-12(2)11-14(16)4/h10-11H,6-9H2,1-5H3. The lowest BCUT2D eigenvalue weighted by atomic mass is 10.0. The number of esters is 1. The largest absolute Gasteiger partial charge is 0.461 e. The monoisotopic (exact) mass is 327 g/mol. The van der Waals surface area contributed by atoms with Gasteiger partial charge in [0.2, 0.25) is 5.95 Å². The van der Waals surface area contributed by atoms with Gasteiger partial charge >= 0.3 is 5.97 Å². The van der Waals surface area contributed by atoms with Crippen molar-refractivity contribution < 1.29 is 9.53 Å². The summed E-state index contributed by atoms with van der Waals surface area (Å²) in [6, 6.07) is 4.40. The summed E-state index contributed by atoms with van der Waals surface area (Å²) in [5.41, 5.74) is 6.25. The van der Waals surface area contributed by atoms with Gasteiger partial charge in [0.05, 0.1) is 12.3 Å². The molecule has 0 aliphatic carbocycles. The SMILES string of the molecule is CCOC(=O)c1c(C)nc2n1CCCN2c1c(C)cc(C)cc1C. The van der Waals surface area contributed by atoms with Crippen LogP contribution in [0.15, 0.2) is 12.1 Å². The Morgan fingerprint density at radius 3 is 2.46 bits per heavy atom. The number of aromatic nitrogens is 2. The third kappa shape index (κ3) is 2.68. The fourth-order valence-electron chi connectivity index (χ4n) is 3.73. The molecule has 0 bridgehead atoms. The van der Waals surface area contributed by atoms with Gasteiger partial charge in [0.1, 0.15) is 0 Å². The average Bonchev–Trinajstić information content (AvgIpc) is 2.83. The third-order valence-electron chi connectivity index (χ3n) is 4.50. The summed E-state index contributed by atoms with van der Waals surface area (Å²) in [6.07, 6.45) is 0.974. The maximum Gasteiger partial charge on any atom is 0.356 e. The zero-order chi connectivity index (χ0) is 17.4. The Bertz CT molecular complexity index is 769. The highest BCUT2D eigenvalue weighted by Gasteiger charge is 2.29. The maximum absolute atomic E-state index is 12.3. The number of imidazole rings is 1. The number of rotatable bonds is 3. The van der Waals surface area contributed by atoms with Crippen molar-refractivity contribution in [3.63, 3.8) is 0 Å². The van der Waals surface area contributed by atoms with Crippen LogP contribution in [0.4, 0.5) is 11.6 Å². The first-order valence-electron chi connectivity index (χ1n) is 8.53. The quantitative estimate of drug-likeness (QED) is 0.804. The lowest BCUT2D eigenvalue weighted by Gasteiger charge is -2.32. The van der Waals surface area contributed by atoms with E-state index in [1.165, 1.54) is 22.4 Å². The van der Waals surface area contributed by atoms with E-state index in [9.17, 15) is 4.79 Å². The Balaban J connectivity index is 2.11. The number of carbonyl (C=O) groups excluding carboxylic acids is 1. The number of nitrogens with zero attached hydrogens (tertiary/aromatic N) is 3. The zero-order valence-electron chi connectivity index (χ0n) is 15.1. The molecular formula is C19H25N3O2. The van der Waals surface area contributed by atoms with Crippen LogP contribution in [0.25, 0.3) is 0 Å². The molecule has 1 aliphatic heterocycles. The lowest BCUT2D eigenvalue weighted by Crippen LogP contribution is -2.30. The second kappa shape index (κ2) is 6.30. The summed E-state index contributed by atoms with van der Waals surface area (Å²) in [5.74, 6) is 0.560. The molecule has 5 nitrogen and oxygen atoms in total. The van der Waals surface area contributed by atoms with Crippen molar-refractivity contribution in [3.05, 3.63) is 40.2 Å². The van der Waals surface area contributed by atoms with Gasteiger partial charge in [-0.1, -0.05) is 17.7 Å². The second-order valence-electron chi connectivity index (χ2n) is 6.47. The van der Waals surface area contributed by atoms with E-state index in [4.69, 9.17) is 9.72 Å². The molecule has 0 amide bonds. The molecule has 5 heteroatoms. The summed E-state index contributed by atoms with van der Waals surface area (Å²) in [5, 5.41) is 0. The highest BCUT2D eigenvalue weighted by molar-refractivity contribution is 5.90. The molecule has 24 heavy (non-hydrogen) atoms. The van der Waals surface area contributed by atoms with Gasteiger partial charge in [0.25, 0.3) is 0 Å². The van der Waals surface area contributed by atoms with E-state index in [1.54, 1.807) is 0 Å². The van der Waals surface area contributed by atoms with E-state index in [2.05, 4.69) is 37.8 Å². The predicted molar refractivity (Wildman–Crippen MR) is 95.2 cm³/mol. The van der Waals surface area contributed by atoms with Gasteiger partial charge in [0, 0.05) is 18.8 Å². The van der Waals surface area contributed by atoms with Crippen LogP contribution >= 0.6 is 0 Å². The molecule has 0 radical (unpaired) electrons. The molecule has 0 unspecified atom stereocenters.